The fourth-order valence-corrected chi connectivity index (χ4v) is 3.75. The summed E-state index contributed by atoms with van der Waals surface area (Å²) in [6.07, 6.45) is 0. The predicted octanol–water partition coefficient (Wildman–Crippen LogP) is 1.80. The van der Waals surface area contributed by atoms with Gasteiger partial charge in [-0.05, 0) is 36.4 Å². The number of nitrogens with one attached hydrogen (secondary N) is 1. The van der Waals surface area contributed by atoms with E-state index in [4.69, 9.17) is 21.5 Å². The molecule has 23 heavy (non-hydrogen) atoms. The number of sulfonamides is 2. The quantitative estimate of drug-likeness (QED) is 0.825. The summed E-state index contributed by atoms with van der Waals surface area (Å²) < 4.78 is 54.6. The number of primary sulfonamides is 1. The molecule has 7 nitrogen and oxygen atoms in total. The van der Waals surface area contributed by atoms with Crippen molar-refractivity contribution < 1.29 is 21.6 Å². The first kappa shape index (κ1) is 17.5. The monoisotopic (exact) mass is 376 g/mol. The van der Waals surface area contributed by atoms with E-state index < -0.39 is 20.0 Å². The Hall–Kier alpha value is -1.81. The van der Waals surface area contributed by atoms with Crippen LogP contribution in [0.3, 0.4) is 0 Å². The van der Waals surface area contributed by atoms with Crippen molar-refractivity contribution in [1.82, 2.24) is 0 Å². The molecular formula is C13H13ClN2O5S2. The van der Waals surface area contributed by atoms with Crippen LogP contribution >= 0.6 is 11.6 Å². The summed E-state index contributed by atoms with van der Waals surface area (Å²) in [7, 11) is -6.57. The zero-order chi connectivity index (χ0) is 17.3. The number of benzene rings is 2. The molecule has 0 aromatic heterocycles. The van der Waals surface area contributed by atoms with Crippen molar-refractivity contribution in [3.05, 3.63) is 47.5 Å². The Balaban J connectivity index is 2.38. The van der Waals surface area contributed by atoms with Crippen LogP contribution in [0.25, 0.3) is 0 Å². The van der Waals surface area contributed by atoms with E-state index in [-0.39, 0.29) is 20.5 Å². The van der Waals surface area contributed by atoms with E-state index in [0.29, 0.717) is 5.75 Å². The molecule has 3 N–H and O–H groups in total. The van der Waals surface area contributed by atoms with Gasteiger partial charge in [-0.15, -0.1) is 0 Å². The average molecular weight is 377 g/mol. The molecule has 0 radical (unpaired) electrons. The first-order valence-corrected chi connectivity index (χ1v) is 9.53. The molecule has 2 rings (SSSR count). The lowest BCUT2D eigenvalue weighted by atomic mass is 10.3. The van der Waals surface area contributed by atoms with E-state index in [1.54, 1.807) is 0 Å². The third-order valence-electron chi connectivity index (χ3n) is 2.85. The largest absolute Gasteiger partial charge is 0.495 e. The van der Waals surface area contributed by atoms with Crippen LogP contribution in [0.2, 0.25) is 5.02 Å². The van der Waals surface area contributed by atoms with E-state index in [1.165, 1.54) is 43.5 Å². The molecule has 0 bridgehead atoms. The zero-order valence-electron chi connectivity index (χ0n) is 11.9. The standard InChI is InChI=1S/C13H13ClN2O5S2/c1-21-13-6-5-9(7-12(13)14)16-23(19,20)11-4-2-3-10(8-11)22(15,17)18/h2-8,16H,1H3,(H2,15,17,18). The molecule has 0 saturated heterocycles. The first-order chi connectivity index (χ1) is 10.6. The van der Waals surface area contributed by atoms with Crippen LogP contribution in [-0.4, -0.2) is 23.9 Å². The van der Waals surface area contributed by atoms with Crippen molar-refractivity contribution >= 4 is 37.3 Å². The fourth-order valence-electron chi connectivity index (χ4n) is 1.76. The SMILES string of the molecule is COc1ccc(NS(=O)(=O)c2cccc(S(N)(=O)=O)c2)cc1Cl. The second-order valence-corrected chi connectivity index (χ2v) is 8.13. The number of nitrogens with two attached hydrogens (primary N) is 1. The highest BCUT2D eigenvalue weighted by Crippen LogP contribution is 2.28. The van der Waals surface area contributed by atoms with Crippen LogP contribution in [0.5, 0.6) is 5.75 Å². The maximum Gasteiger partial charge on any atom is 0.261 e. The molecule has 0 spiro atoms. The summed E-state index contributed by atoms with van der Waals surface area (Å²) in [6, 6.07) is 9.06. The minimum atomic E-state index is -4.00. The van der Waals surface area contributed by atoms with Crippen LogP contribution in [-0.2, 0) is 20.0 Å². The van der Waals surface area contributed by atoms with E-state index in [9.17, 15) is 16.8 Å². The van der Waals surface area contributed by atoms with Gasteiger partial charge in [-0.25, -0.2) is 22.0 Å². The summed E-state index contributed by atoms with van der Waals surface area (Å²) >= 11 is 5.93. The summed E-state index contributed by atoms with van der Waals surface area (Å²) in [5, 5.41) is 5.23. The Bertz CT molecular complexity index is 943. The Kier molecular flexibility index (Phi) is 4.85. The van der Waals surface area contributed by atoms with Gasteiger partial charge in [0.1, 0.15) is 5.75 Å². The smallest absolute Gasteiger partial charge is 0.261 e. The van der Waals surface area contributed by atoms with E-state index in [1.807, 2.05) is 0 Å². The topological polar surface area (TPSA) is 116 Å². The van der Waals surface area contributed by atoms with Crippen molar-refractivity contribution in [1.29, 1.82) is 0 Å². The van der Waals surface area contributed by atoms with Crippen molar-refractivity contribution in [3.63, 3.8) is 0 Å². The number of rotatable bonds is 5. The third kappa shape index (κ3) is 4.14. The molecule has 0 unspecified atom stereocenters. The Morgan fingerprint density at radius 2 is 1.70 bits per heavy atom. The van der Waals surface area contributed by atoms with Crippen molar-refractivity contribution in [3.8, 4) is 5.75 Å². The highest BCUT2D eigenvalue weighted by atomic mass is 35.5. The lowest BCUT2D eigenvalue weighted by molar-refractivity contribution is 0.415. The number of halogens is 1. The highest BCUT2D eigenvalue weighted by molar-refractivity contribution is 7.93. The van der Waals surface area contributed by atoms with Gasteiger partial charge in [-0.3, -0.25) is 4.72 Å². The molecule has 0 amide bonds. The van der Waals surface area contributed by atoms with Crippen LogP contribution in [0.15, 0.2) is 52.3 Å². The van der Waals surface area contributed by atoms with Crippen LogP contribution in [0.1, 0.15) is 0 Å². The maximum absolute atomic E-state index is 12.3. The Morgan fingerprint density at radius 1 is 1.04 bits per heavy atom. The van der Waals surface area contributed by atoms with Crippen molar-refractivity contribution in [2.24, 2.45) is 5.14 Å². The lowest BCUT2D eigenvalue weighted by Gasteiger charge is -2.10. The van der Waals surface area contributed by atoms with Gasteiger partial charge in [0.15, 0.2) is 0 Å². The van der Waals surface area contributed by atoms with Gasteiger partial charge in [-0.2, -0.15) is 0 Å². The molecule has 0 heterocycles. The maximum atomic E-state index is 12.3. The molecule has 2 aromatic carbocycles. The second-order valence-electron chi connectivity index (χ2n) is 4.47. The van der Waals surface area contributed by atoms with Gasteiger partial charge in [0, 0.05) is 0 Å². The number of methoxy groups -OCH3 is 1. The molecule has 0 aliphatic carbocycles. The van der Waals surface area contributed by atoms with Crippen LogP contribution in [0, 0.1) is 0 Å². The zero-order valence-corrected chi connectivity index (χ0v) is 14.2. The third-order valence-corrected chi connectivity index (χ3v) is 5.43. The van der Waals surface area contributed by atoms with Gasteiger partial charge in [-0.1, -0.05) is 17.7 Å². The first-order valence-electron chi connectivity index (χ1n) is 6.13. The Morgan fingerprint density at radius 3 is 2.26 bits per heavy atom. The van der Waals surface area contributed by atoms with E-state index >= 15 is 0 Å². The number of hydrogen-bond donors (Lipinski definition) is 2. The number of ether oxygens (including phenoxy) is 1. The summed E-state index contributed by atoms with van der Waals surface area (Å²) in [5.74, 6) is 0.394. The normalized spacial score (nSPS) is 12.0. The van der Waals surface area contributed by atoms with Crippen molar-refractivity contribution in [2.45, 2.75) is 9.79 Å². The molecule has 0 aliphatic rings. The highest BCUT2D eigenvalue weighted by Gasteiger charge is 2.18. The molecular weight excluding hydrogens is 364 g/mol. The number of anilines is 1. The molecule has 10 heteroatoms. The molecule has 0 atom stereocenters. The van der Waals surface area contributed by atoms with Crippen LogP contribution < -0.4 is 14.6 Å². The lowest BCUT2D eigenvalue weighted by Crippen LogP contribution is -2.16. The van der Waals surface area contributed by atoms with Gasteiger partial charge in [0.2, 0.25) is 10.0 Å². The van der Waals surface area contributed by atoms with Crippen molar-refractivity contribution in [2.75, 3.05) is 11.8 Å². The Labute approximate surface area is 139 Å². The summed E-state index contributed by atoms with van der Waals surface area (Å²) in [6.45, 7) is 0. The van der Waals surface area contributed by atoms with Crippen LogP contribution in [0.4, 0.5) is 5.69 Å². The number of hydrogen-bond acceptors (Lipinski definition) is 5. The van der Waals surface area contributed by atoms with Gasteiger partial charge in [0.25, 0.3) is 10.0 Å². The van der Waals surface area contributed by atoms with Gasteiger partial charge < -0.3 is 4.74 Å². The van der Waals surface area contributed by atoms with E-state index in [0.717, 1.165) is 6.07 Å². The minimum Gasteiger partial charge on any atom is -0.495 e. The summed E-state index contributed by atoms with van der Waals surface area (Å²) in [5.41, 5.74) is 0.205. The predicted molar refractivity (Wildman–Crippen MR) is 86.6 cm³/mol. The molecule has 124 valence electrons. The minimum absolute atomic E-state index is 0.205. The van der Waals surface area contributed by atoms with Gasteiger partial charge >= 0.3 is 0 Å². The van der Waals surface area contributed by atoms with E-state index in [2.05, 4.69) is 4.72 Å². The van der Waals surface area contributed by atoms with Gasteiger partial charge in [0.05, 0.1) is 27.6 Å². The molecule has 0 saturated carbocycles. The fraction of sp³-hybridized carbons (Fsp3) is 0.0769. The summed E-state index contributed by atoms with van der Waals surface area (Å²) in [4.78, 5) is -0.538. The molecule has 0 fully saturated rings. The second kappa shape index (κ2) is 6.36. The average Bonchev–Trinajstić information content (AvgIpc) is 2.46. The molecule has 0 aliphatic heterocycles. The molecule has 2 aromatic rings.